The number of hydrogen-bond acceptors (Lipinski definition) is 2. The Morgan fingerprint density at radius 3 is 2.94 bits per heavy atom. The lowest BCUT2D eigenvalue weighted by molar-refractivity contribution is -0.118. The fourth-order valence-electron chi connectivity index (χ4n) is 1.07. The molecule has 0 aliphatic rings. The zero-order valence-electron chi connectivity index (χ0n) is 8.88. The van der Waals surface area contributed by atoms with Gasteiger partial charge < -0.3 is 10.4 Å². The van der Waals surface area contributed by atoms with E-state index in [1.165, 1.54) is 13.0 Å². The number of nitrogens with one attached hydrogen (secondary N) is 1. The second-order valence-electron chi connectivity index (χ2n) is 3.20. The largest absolute Gasteiger partial charge is 0.507 e. The molecular formula is C12H12ClNO2. The summed E-state index contributed by atoms with van der Waals surface area (Å²) in [6.07, 6.45) is 0.543. The van der Waals surface area contributed by atoms with Gasteiger partial charge in [-0.2, -0.15) is 0 Å². The summed E-state index contributed by atoms with van der Waals surface area (Å²) in [7, 11) is 0. The van der Waals surface area contributed by atoms with E-state index in [1.807, 2.05) is 0 Å². The SMILES string of the molecule is CC(=O)NCCC#Cc1ccc(Cl)cc1O. The van der Waals surface area contributed by atoms with Crippen LogP contribution < -0.4 is 5.32 Å². The van der Waals surface area contributed by atoms with Crippen molar-refractivity contribution in [1.82, 2.24) is 5.32 Å². The van der Waals surface area contributed by atoms with E-state index in [2.05, 4.69) is 17.2 Å². The molecule has 1 amide bonds. The first kappa shape index (κ1) is 12.4. The molecule has 0 fully saturated rings. The number of aromatic hydroxyl groups is 1. The first-order valence-electron chi connectivity index (χ1n) is 4.81. The van der Waals surface area contributed by atoms with Gasteiger partial charge >= 0.3 is 0 Å². The second kappa shape index (κ2) is 6.04. The molecule has 16 heavy (non-hydrogen) atoms. The molecule has 0 radical (unpaired) electrons. The molecule has 1 aromatic carbocycles. The van der Waals surface area contributed by atoms with Gasteiger partial charge in [-0.15, -0.1) is 0 Å². The predicted octanol–water partition coefficient (Wildman–Crippen LogP) is 1.92. The van der Waals surface area contributed by atoms with Crippen molar-refractivity contribution in [1.29, 1.82) is 0 Å². The molecule has 2 N–H and O–H groups in total. The summed E-state index contributed by atoms with van der Waals surface area (Å²) in [6.45, 7) is 1.97. The topological polar surface area (TPSA) is 49.3 Å². The van der Waals surface area contributed by atoms with E-state index in [4.69, 9.17) is 11.6 Å². The summed E-state index contributed by atoms with van der Waals surface area (Å²) >= 11 is 5.68. The lowest BCUT2D eigenvalue weighted by atomic mass is 10.2. The Hall–Kier alpha value is -1.66. The van der Waals surface area contributed by atoms with Gasteiger partial charge in [0.15, 0.2) is 0 Å². The molecule has 3 nitrogen and oxygen atoms in total. The summed E-state index contributed by atoms with van der Waals surface area (Å²) in [5, 5.41) is 12.6. The summed E-state index contributed by atoms with van der Waals surface area (Å²) < 4.78 is 0. The van der Waals surface area contributed by atoms with Gasteiger partial charge in [0.1, 0.15) is 5.75 Å². The highest BCUT2D eigenvalue weighted by molar-refractivity contribution is 6.30. The monoisotopic (exact) mass is 237 g/mol. The molecule has 1 aromatic rings. The number of benzene rings is 1. The van der Waals surface area contributed by atoms with E-state index in [0.717, 1.165) is 0 Å². The van der Waals surface area contributed by atoms with Crippen molar-refractivity contribution in [3.63, 3.8) is 0 Å². The maximum absolute atomic E-state index is 10.6. The Bertz CT molecular complexity index is 446. The highest BCUT2D eigenvalue weighted by Gasteiger charge is 1.97. The summed E-state index contributed by atoms with van der Waals surface area (Å²) in [5.74, 6) is 5.65. The Balaban J connectivity index is 2.53. The fourth-order valence-corrected chi connectivity index (χ4v) is 1.24. The van der Waals surface area contributed by atoms with Crippen LogP contribution in [-0.4, -0.2) is 17.6 Å². The van der Waals surface area contributed by atoms with Gasteiger partial charge in [-0.05, 0) is 18.2 Å². The first-order chi connectivity index (χ1) is 7.59. The molecular weight excluding hydrogens is 226 g/mol. The van der Waals surface area contributed by atoms with Crippen LogP contribution in [0.5, 0.6) is 5.75 Å². The van der Waals surface area contributed by atoms with Gasteiger partial charge in [-0.25, -0.2) is 0 Å². The minimum Gasteiger partial charge on any atom is -0.507 e. The molecule has 0 atom stereocenters. The summed E-state index contributed by atoms with van der Waals surface area (Å²) in [5.41, 5.74) is 0.534. The normalized spacial score (nSPS) is 9.12. The van der Waals surface area contributed by atoms with Crippen LogP contribution in [0.4, 0.5) is 0 Å². The van der Waals surface area contributed by atoms with E-state index >= 15 is 0 Å². The van der Waals surface area contributed by atoms with Crippen LogP contribution in [-0.2, 0) is 4.79 Å². The molecule has 84 valence electrons. The van der Waals surface area contributed by atoms with Crippen LogP contribution in [0.1, 0.15) is 18.9 Å². The van der Waals surface area contributed by atoms with Gasteiger partial charge in [0.05, 0.1) is 5.56 Å². The van der Waals surface area contributed by atoms with Crippen LogP contribution >= 0.6 is 11.6 Å². The zero-order valence-corrected chi connectivity index (χ0v) is 9.64. The molecule has 0 saturated heterocycles. The van der Waals surface area contributed by atoms with Crippen LogP contribution in [0, 0.1) is 11.8 Å². The quantitative estimate of drug-likeness (QED) is 0.610. The molecule has 0 unspecified atom stereocenters. The van der Waals surface area contributed by atoms with Crippen molar-refractivity contribution in [2.75, 3.05) is 6.54 Å². The lowest BCUT2D eigenvalue weighted by Crippen LogP contribution is -2.20. The Morgan fingerprint density at radius 1 is 1.56 bits per heavy atom. The molecule has 4 heteroatoms. The van der Waals surface area contributed by atoms with E-state index in [0.29, 0.717) is 23.6 Å². The van der Waals surface area contributed by atoms with Gasteiger partial charge in [0, 0.05) is 24.9 Å². The third-order valence-electron chi connectivity index (χ3n) is 1.81. The Morgan fingerprint density at radius 2 is 2.31 bits per heavy atom. The Kier molecular flexibility index (Phi) is 4.68. The average molecular weight is 238 g/mol. The van der Waals surface area contributed by atoms with Gasteiger partial charge in [-0.3, -0.25) is 4.79 Å². The van der Waals surface area contributed by atoms with E-state index < -0.39 is 0 Å². The lowest BCUT2D eigenvalue weighted by Gasteiger charge is -1.97. The Labute approximate surface area is 99.4 Å². The summed E-state index contributed by atoms with van der Waals surface area (Å²) in [4.78, 5) is 10.6. The van der Waals surface area contributed by atoms with Crippen LogP contribution in [0.2, 0.25) is 5.02 Å². The number of hydrogen-bond donors (Lipinski definition) is 2. The molecule has 0 aliphatic heterocycles. The molecule has 0 heterocycles. The van der Waals surface area contributed by atoms with Gasteiger partial charge in [0.25, 0.3) is 0 Å². The highest BCUT2D eigenvalue weighted by atomic mass is 35.5. The number of carbonyl (C=O) groups is 1. The molecule has 0 aromatic heterocycles. The van der Waals surface area contributed by atoms with Crippen molar-refractivity contribution in [2.24, 2.45) is 0 Å². The first-order valence-corrected chi connectivity index (χ1v) is 5.19. The molecule has 0 bridgehead atoms. The van der Waals surface area contributed by atoms with Crippen molar-refractivity contribution >= 4 is 17.5 Å². The van der Waals surface area contributed by atoms with Crippen molar-refractivity contribution < 1.29 is 9.90 Å². The maximum Gasteiger partial charge on any atom is 0.216 e. The minimum atomic E-state index is -0.0730. The van der Waals surface area contributed by atoms with Crippen molar-refractivity contribution in [3.05, 3.63) is 28.8 Å². The number of phenols is 1. The van der Waals surface area contributed by atoms with Gasteiger partial charge in [0.2, 0.25) is 5.91 Å². The molecule has 0 spiro atoms. The van der Waals surface area contributed by atoms with E-state index in [9.17, 15) is 9.90 Å². The van der Waals surface area contributed by atoms with Gasteiger partial charge in [-0.1, -0.05) is 23.4 Å². The maximum atomic E-state index is 10.6. The van der Waals surface area contributed by atoms with Crippen LogP contribution in [0.3, 0.4) is 0 Å². The highest BCUT2D eigenvalue weighted by Crippen LogP contribution is 2.20. The molecule has 1 rings (SSSR count). The number of amides is 1. The number of carbonyl (C=O) groups excluding carboxylic acids is 1. The van der Waals surface area contributed by atoms with E-state index in [1.54, 1.807) is 12.1 Å². The summed E-state index contributed by atoms with van der Waals surface area (Å²) in [6, 6.07) is 4.77. The number of rotatable bonds is 2. The standard InChI is InChI=1S/C12H12ClNO2/c1-9(15)14-7-3-2-4-10-5-6-11(13)8-12(10)16/h5-6,8,16H,3,7H2,1H3,(H,14,15). The average Bonchev–Trinajstić information content (AvgIpc) is 2.20. The zero-order chi connectivity index (χ0) is 12.0. The molecule has 0 aliphatic carbocycles. The third kappa shape index (κ3) is 4.24. The van der Waals surface area contributed by atoms with Crippen molar-refractivity contribution in [2.45, 2.75) is 13.3 Å². The second-order valence-corrected chi connectivity index (χ2v) is 3.63. The predicted molar refractivity (Wildman–Crippen MR) is 63.3 cm³/mol. The van der Waals surface area contributed by atoms with Crippen molar-refractivity contribution in [3.8, 4) is 17.6 Å². The van der Waals surface area contributed by atoms with Crippen LogP contribution in [0.15, 0.2) is 18.2 Å². The number of halogens is 1. The number of phenolic OH excluding ortho intramolecular Hbond substituents is 1. The van der Waals surface area contributed by atoms with E-state index in [-0.39, 0.29) is 11.7 Å². The third-order valence-corrected chi connectivity index (χ3v) is 2.04. The van der Waals surface area contributed by atoms with Crippen LogP contribution in [0.25, 0.3) is 0 Å². The molecule has 0 saturated carbocycles. The minimum absolute atomic E-state index is 0.0690. The fraction of sp³-hybridized carbons (Fsp3) is 0.250. The smallest absolute Gasteiger partial charge is 0.216 e.